The van der Waals surface area contributed by atoms with Crippen LogP contribution < -0.4 is 10.6 Å². The molecule has 0 radical (unpaired) electrons. The third kappa shape index (κ3) is 3.91. The van der Waals surface area contributed by atoms with Crippen molar-refractivity contribution >= 4 is 17.7 Å². The van der Waals surface area contributed by atoms with Crippen LogP contribution in [0.25, 0.3) is 0 Å². The normalized spacial score (nSPS) is 17.9. The van der Waals surface area contributed by atoms with Crippen LogP contribution in [0, 0.1) is 5.41 Å². The van der Waals surface area contributed by atoms with Crippen molar-refractivity contribution in [3.05, 3.63) is 65.0 Å². The predicted octanol–water partition coefficient (Wildman–Crippen LogP) is 2.00. The van der Waals surface area contributed by atoms with Crippen molar-refractivity contribution in [1.82, 2.24) is 20.5 Å². The second-order valence-corrected chi connectivity index (χ2v) is 8.06. The maximum absolute atomic E-state index is 12.8. The number of hydrogen-bond donors (Lipinski definition) is 2. The number of carbonyl (C=O) groups excluding carboxylic acids is 3. The zero-order chi connectivity index (χ0) is 20.4. The molecule has 150 valence electrons. The Morgan fingerprint density at radius 3 is 2.52 bits per heavy atom. The summed E-state index contributed by atoms with van der Waals surface area (Å²) in [6.07, 6.45) is 5.26. The van der Waals surface area contributed by atoms with Crippen molar-refractivity contribution in [2.45, 2.75) is 26.3 Å². The molecule has 0 saturated carbocycles. The monoisotopic (exact) mass is 392 g/mol. The Kier molecular flexibility index (Phi) is 5.15. The molecule has 0 atom stereocenters. The topological polar surface area (TPSA) is 91.4 Å². The Labute approximate surface area is 169 Å². The zero-order valence-corrected chi connectivity index (χ0v) is 16.4. The second kappa shape index (κ2) is 7.75. The van der Waals surface area contributed by atoms with E-state index in [4.69, 9.17) is 0 Å². The van der Waals surface area contributed by atoms with E-state index in [0.29, 0.717) is 17.7 Å². The first-order valence-corrected chi connectivity index (χ1v) is 9.85. The number of piperidine rings is 1. The summed E-state index contributed by atoms with van der Waals surface area (Å²) in [5.74, 6) is -0.932. The van der Waals surface area contributed by atoms with Crippen molar-refractivity contribution in [3.63, 3.8) is 0 Å². The third-order valence-electron chi connectivity index (χ3n) is 5.81. The molecule has 2 aliphatic heterocycles. The molecular weight excluding hydrogens is 368 g/mol. The molecule has 1 aromatic carbocycles. The van der Waals surface area contributed by atoms with Gasteiger partial charge in [0.1, 0.15) is 0 Å². The van der Waals surface area contributed by atoms with E-state index in [1.54, 1.807) is 36.7 Å². The minimum Gasteiger partial charge on any atom is -0.351 e. The molecule has 2 N–H and O–H groups in total. The van der Waals surface area contributed by atoms with E-state index in [9.17, 15) is 14.4 Å². The molecule has 29 heavy (non-hydrogen) atoms. The number of nitrogens with one attached hydrogen (secondary N) is 2. The van der Waals surface area contributed by atoms with Gasteiger partial charge in [-0.15, -0.1) is 0 Å². The summed E-state index contributed by atoms with van der Waals surface area (Å²) in [5.41, 5.74) is 1.91. The average molecular weight is 392 g/mol. The van der Waals surface area contributed by atoms with Gasteiger partial charge >= 0.3 is 0 Å². The fraction of sp³-hybridized carbons (Fsp3) is 0.364. The Balaban J connectivity index is 1.47. The first kappa shape index (κ1) is 19.3. The summed E-state index contributed by atoms with van der Waals surface area (Å²) in [4.78, 5) is 43.2. The lowest BCUT2D eigenvalue weighted by molar-refractivity contribution is 0.0642. The van der Waals surface area contributed by atoms with Crippen molar-refractivity contribution in [2.75, 3.05) is 19.6 Å². The highest BCUT2D eigenvalue weighted by molar-refractivity contribution is 6.22. The zero-order valence-electron chi connectivity index (χ0n) is 16.4. The van der Waals surface area contributed by atoms with Gasteiger partial charge in [-0.25, -0.2) is 0 Å². The van der Waals surface area contributed by atoms with Gasteiger partial charge < -0.3 is 10.6 Å². The van der Waals surface area contributed by atoms with Crippen molar-refractivity contribution in [2.24, 2.45) is 5.41 Å². The van der Waals surface area contributed by atoms with Crippen molar-refractivity contribution < 1.29 is 14.4 Å². The molecular formula is C22H24N4O3. The van der Waals surface area contributed by atoms with E-state index in [0.717, 1.165) is 31.5 Å². The van der Waals surface area contributed by atoms with Gasteiger partial charge in [-0.1, -0.05) is 6.92 Å². The molecule has 0 spiro atoms. The number of nitrogens with zero attached hydrogens (tertiary/aromatic N) is 2. The second-order valence-electron chi connectivity index (χ2n) is 8.06. The van der Waals surface area contributed by atoms with E-state index < -0.39 is 0 Å². The molecule has 0 aliphatic carbocycles. The summed E-state index contributed by atoms with van der Waals surface area (Å²) < 4.78 is 0. The molecule has 0 bridgehead atoms. The van der Waals surface area contributed by atoms with Gasteiger partial charge in [0.05, 0.1) is 17.7 Å². The maximum atomic E-state index is 12.8. The van der Waals surface area contributed by atoms with Crippen LogP contribution in [0.5, 0.6) is 0 Å². The molecule has 1 aromatic heterocycles. The molecule has 0 unspecified atom stereocenters. The fourth-order valence-corrected chi connectivity index (χ4v) is 3.85. The summed E-state index contributed by atoms with van der Waals surface area (Å²) in [7, 11) is 0. The molecule has 3 amide bonds. The number of pyridine rings is 1. The quantitative estimate of drug-likeness (QED) is 0.760. The summed E-state index contributed by atoms with van der Waals surface area (Å²) in [6, 6.07) is 8.25. The van der Waals surface area contributed by atoms with Crippen LogP contribution in [-0.4, -0.2) is 47.2 Å². The van der Waals surface area contributed by atoms with Crippen molar-refractivity contribution in [1.29, 1.82) is 0 Å². The van der Waals surface area contributed by atoms with E-state index in [1.165, 1.54) is 11.0 Å². The first-order chi connectivity index (χ1) is 14.0. The van der Waals surface area contributed by atoms with E-state index in [-0.39, 0.29) is 35.2 Å². The largest absolute Gasteiger partial charge is 0.351 e. The van der Waals surface area contributed by atoms with Crippen LogP contribution in [0.4, 0.5) is 0 Å². The lowest BCUT2D eigenvalue weighted by Gasteiger charge is -2.34. The number of carbonyl (C=O) groups is 3. The molecule has 3 heterocycles. The molecule has 7 nitrogen and oxygen atoms in total. The molecule has 4 rings (SSSR count). The van der Waals surface area contributed by atoms with Crippen LogP contribution in [0.2, 0.25) is 0 Å². The van der Waals surface area contributed by atoms with Crippen LogP contribution >= 0.6 is 0 Å². The number of rotatable bonds is 5. The Hall–Kier alpha value is -3.06. The molecule has 2 aromatic rings. The van der Waals surface area contributed by atoms with E-state index >= 15 is 0 Å². The Morgan fingerprint density at radius 2 is 1.79 bits per heavy atom. The van der Waals surface area contributed by atoms with Gasteiger partial charge in [0.15, 0.2) is 0 Å². The van der Waals surface area contributed by atoms with Gasteiger partial charge in [0.25, 0.3) is 17.7 Å². The predicted molar refractivity (Wildman–Crippen MR) is 107 cm³/mol. The molecule has 1 fully saturated rings. The minimum atomic E-state index is -0.373. The number of amides is 3. The van der Waals surface area contributed by atoms with Crippen LogP contribution in [0.3, 0.4) is 0 Å². The van der Waals surface area contributed by atoms with Crippen LogP contribution in [0.1, 0.15) is 56.4 Å². The third-order valence-corrected chi connectivity index (χ3v) is 5.81. The minimum absolute atomic E-state index is 0.0742. The van der Waals surface area contributed by atoms with Gasteiger partial charge in [-0.2, -0.15) is 0 Å². The number of hydrogen-bond acceptors (Lipinski definition) is 5. The number of fused-ring (bicyclic) bond motifs is 1. The standard InChI is InChI=1S/C22H24N4O3/c1-22(6-10-24-11-7-22)14-25-19(27)16-2-3-17-18(12-16)21(29)26(20(17)28)13-15-4-8-23-9-5-15/h2-5,8-9,12,24H,6-7,10-11,13-14H2,1H3,(H,25,27). The van der Waals surface area contributed by atoms with Crippen LogP contribution in [-0.2, 0) is 6.54 Å². The SMILES string of the molecule is CC1(CNC(=O)c2ccc3c(c2)C(=O)N(Cc2ccncc2)C3=O)CCNCC1. The maximum Gasteiger partial charge on any atom is 0.261 e. The van der Waals surface area contributed by atoms with Gasteiger partial charge in [0, 0.05) is 24.5 Å². The van der Waals surface area contributed by atoms with Gasteiger partial charge in [-0.3, -0.25) is 24.3 Å². The molecule has 1 saturated heterocycles. The molecule has 7 heteroatoms. The van der Waals surface area contributed by atoms with Gasteiger partial charge in [-0.05, 0) is 67.2 Å². The Bertz CT molecular complexity index is 952. The number of benzene rings is 1. The average Bonchev–Trinajstić information content (AvgIpc) is 2.98. The number of imide groups is 1. The highest BCUT2D eigenvalue weighted by Crippen LogP contribution is 2.28. The lowest BCUT2D eigenvalue weighted by atomic mass is 9.81. The lowest BCUT2D eigenvalue weighted by Crippen LogP contribution is -2.42. The summed E-state index contributed by atoms with van der Waals surface area (Å²) >= 11 is 0. The highest BCUT2D eigenvalue weighted by atomic mass is 16.2. The fourth-order valence-electron chi connectivity index (χ4n) is 3.85. The van der Waals surface area contributed by atoms with Gasteiger partial charge in [0.2, 0.25) is 0 Å². The highest BCUT2D eigenvalue weighted by Gasteiger charge is 2.36. The van der Waals surface area contributed by atoms with Crippen molar-refractivity contribution in [3.8, 4) is 0 Å². The van der Waals surface area contributed by atoms with E-state index in [1.807, 2.05) is 0 Å². The smallest absolute Gasteiger partial charge is 0.261 e. The van der Waals surface area contributed by atoms with E-state index in [2.05, 4.69) is 22.5 Å². The summed E-state index contributed by atoms with van der Waals surface area (Å²) in [5, 5.41) is 6.32. The Morgan fingerprint density at radius 1 is 1.10 bits per heavy atom. The summed E-state index contributed by atoms with van der Waals surface area (Å²) in [6.45, 7) is 4.86. The first-order valence-electron chi connectivity index (χ1n) is 9.85. The number of aromatic nitrogens is 1. The molecule has 2 aliphatic rings. The van der Waals surface area contributed by atoms with Crippen LogP contribution in [0.15, 0.2) is 42.7 Å².